The zero-order chi connectivity index (χ0) is 13.3. The highest BCUT2D eigenvalue weighted by atomic mass is 16.5. The molecular weight excluding hydrogens is 240 g/mol. The first-order valence-corrected chi connectivity index (χ1v) is 6.51. The maximum Gasteiger partial charge on any atom is 0.304 e. The molecular formula is C16H16O3. The van der Waals surface area contributed by atoms with Crippen LogP contribution >= 0.6 is 0 Å². The second-order valence-corrected chi connectivity index (χ2v) is 5.34. The molecule has 0 bridgehead atoms. The molecule has 1 fully saturated rings. The Labute approximate surface area is 111 Å². The molecule has 2 aromatic rings. The number of hydrogen-bond acceptors (Lipinski definition) is 2. The SMILES string of the molecule is O=C(O)CC1(COc2cccc3ccccc23)CC1. The van der Waals surface area contributed by atoms with Crippen molar-refractivity contribution in [2.24, 2.45) is 5.41 Å². The van der Waals surface area contributed by atoms with Crippen molar-refractivity contribution in [2.45, 2.75) is 19.3 Å². The Balaban J connectivity index is 1.77. The molecule has 1 aliphatic carbocycles. The fourth-order valence-corrected chi connectivity index (χ4v) is 2.42. The van der Waals surface area contributed by atoms with E-state index in [1.54, 1.807) is 0 Å². The number of hydrogen-bond donors (Lipinski definition) is 1. The fraction of sp³-hybridized carbons (Fsp3) is 0.312. The van der Waals surface area contributed by atoms with E-state index in [9.17, 15) is 4.79 Å². The van der Waals surface area contributed by atoms with Gasteiger partial charge in [0.15, 0.2) is 0 Å². The summed E-state index contributed by atoms with van der Waals surface area (Å²) in [5.41, 5.74) is -0.136. The van der Waals surface area contributed by atoms with E-state index in [4.69, 9.17) is 9.84 Å². The molecule has 0 aliphatic heterocycles. The molecule has 1 aliphatic rings. The van der Waals surface area contributed by atoms with Gasteiger partial charge >= 0.3 is 5.97 Å². The summed E-state index contributed by atoms with van der Waals surface area (Å²) in [5.74, 6) is 0.105. The summed E-state index contributed by atoms with van der Waals surface area (Å²) in [4.78, 5) is 10.8. The van der Waals surface area contributed by atoms with Gasteiger partial charge in [-0.15, -0.1) is 0 Å². The van der Waals surface area contributed by atoms with Crippen LogP contribution in [-0.4, -0.2) is 17.7 Å². The van der Waals surface area contributed by atoms with Crippen LogP contribution in [-0.2, 0) is 4.79 Å². The summed E-state index contributed by atoms with van der Waals surface area (Å²) in [6.45, 7) is 0.493. The average molecular weight is 256 g/mol. The normalized spacial score (nSPS) is 16.2. The lowest BCUT2D eigenvalue weighted by Gasteiger charge is -2.15. The van der Waals surface area contributed by atoms with E-state index in [1.165, 1.54) is 0 Å². The second-order valence-electron chi connectivity index (χ2n) is 5.34. The minimum Gasteiger partial charge on any atom is -0.492 e. The van der Waals surface area contributed by atoms with E-state index in [1.807, 2.05) is 42.5 Å². The number of carboxylic acid groups (broad SMARTS) is 1. The molecule has 0 heterocycles. The van der Waals surface area contributed by atoms with Gasteiger partial charge in [0.2, 0.25) is 0 Å². The van der Waals surface area contributed by atoms with Crippen molar-refractivity contribution in [1.29, 1.82) is 0 Å². The molecule has 0 aromatic heterocycles. The fourth-order valence-electron chi connectivity index (χ4n) is 2.42. The van der Waals surface area contributed by atoms with Crippen LogP contribution in [0, 0.1) is 5.41 Å². The first-order chi connectivity index (χ1) is 9.19. The predicted octanol–water partition coefficient (Wildman–Crippen LogP) is 3.47. The molecule has 0 spiro atoms. The number of benzene rings is 2. The zero-order valence-corrected chi connectivity index (χ0v) is 10.6. The Morgan fingerprint density at radius 3 is 2.63 bits per heavy atom. The number of aliphatic carboxylic acids is 1. The molecule has 2 aromatic carbocycles. The lowest BCUT2D eigenvalue weighted by Crippen LogP contribution is -2.17. The van der Waals surface area contributed by atoms with Crippen molar-refractivity contribution in [1.82, 2.24) is 0 Å². The Bertz CT molecular complexity index is 609. The molecule has 1 saturated carbocycles. The number of rotatable bonds is 5. The molecule has 3 nitrogen and oxygen atoms in total. The molecule has 0 unspecified atom stereocenters. The van der Waals surface area contributed by atoms with Gasteiger partial charge in [0.05, 0.1) is 13.0 Å². The van der Waals surface area contributed by atoms with Gasteiger partial charge < -0.3 is 9.84 Å². The summed E-state index contributed by atoms with van der Waals surface area (Å²) < 4.78 is 5.88. The van der Waals surface area contributed by atoms with Crippen molar-refractivity contribution >= 4 is 16.7 Å². The van der Waals surface area contributed by atoms with Crippen molar-refractivity contribution in [2.75, 3.05) is 6.61 Å². The third kappa shape index (κ3) is 2.55. The lowest BCUT2D eigenvalue weighted by atomic mass is 10.0. The van der Waals surface area contributed by atoms with Crippen molar-refractivity contribution in [3.05, 3.63) is 42.5 Å². The first kappa shape index (κ1) is 12.0. The maximum atomic E-state index is 10.8. The van der Waals surface area contributed by atoms with Crippen LogP contribution in [0.25, 0.3) is 10.8 Å². The largest absolute Gasteiger partial charge is 0.492 e. The monoisotopic (exact) mass is 256 g/mol. The van der Waals surface area contributed by atoms with E-state index in [-0.39, 0.29) is 11.8 Å². The van der Waals surface area contributed by atoms with Crippen molar-refractivity contribution in [3.63, 3.8) is 0 Å². The highest BCUT2D eigenvalue weighted by Crippen LogP contribution is 2.49. The molecule has 0 atom stereocenters. The van der Waals surface area contributed by atoms with Gasteiger partial charge in [-0.25, -0.2) is 0 Å². The number of fused-ring (bicyclic) bond motifs is 1. The average Bonchev–Trinajstić information content (AvgIpc) is 3.15. The Morgan fingerprint density at radius 2 is 1.89 bits per heavy atom. The summed E-state index contributed by atoms with van der Waals surface area (Å²) in [6, 6.07) is 14.0. The lowest BCUT2D eigenvalue weighted by molar-refractivity contribution is -0.138. The standard InChI is InChI=1S/C16H16O3/c17-15(18)10-16(8-9-16)11-19-14-7-3-5-12-4-1-2-6-13(12)14/h1-7H,8-11H2,(H,17,18). The van der Waals surface area contributed by atoms with E-state index >= 15 is 0 Å². The van der Waals surface area contributed by atoms with E-state index in [0.29, 0.717) is 6.61 Å². The Kier molecular flexibility index (Phi) is 2.90. The molecule has 19 heavy (non-hydrogen) atoms. The maximum absolute atomic E-state index is 10.8. The third-order valence-corrected chi connectivity index (χ3v) is 3.77. The van der Waals surface area contributed by atoms with Gasteiger partial charge in [-0.05, 0) is 24.3 Å². The van der Waals surface area contributed by atoms with Crippen LogP contribution in [0.2, 0.25) is 0 Å². The van der Waals surface area contributed by atoms with Crippen molar-refractivity contribution in [3.8, 4) is 5.75 Å². The molecule has 0 amide bonds. The van der Waals surface area contributed by atoms with Gasteiger partial charge in [0.1, 0.15) is 5.75 Å². The summed E-state index contributed by atoms with van der Waals surface area (Å²) in [6.07, 6.45) is 2.10. The van der Waals surface area contributed by atoms with Crippen LogP contribution < -0.4 is 4.74 Å². The van der Waals surface area contributed by atoms with Crippen LogP contribution in [0.1, 0.15) is 19.3 Å². The van der Waals surface area contributed by atoms with Crippen molar-refractivity contribution < 1.29 is 14.6 Å². The number of ether oxygens (including phenoxy) is 1. The molecule has 0 radical (unpaired) electrons. The Hall–Kier alpha value is -2.03. The topological polar surface area (TPSA) is 46.5 Å². The van der Waals surface area contributed by atoms with Gasteiger partial charge in [0, 0.05) is 10.8 Å². The summed E-state index contributed by atoms with van der Waals surface area (Å²) in [5, 5.41) is 11.1. The van der Waals surface area contributed by atoms with Gasteiger partial charge in [0.25, 0.3) is 0 Å². The van der Waals surface area contributed by atoms with Crippen LogP contribution in [0.15, 0.2) is 42.5 Å². The molecule has 3 rings (SSSR count). The summed E-state index contributed by atoms with van der Waals surface area (Å²) >= 11 is 0. The second kappa shape index (κ2) is 4.57. The van der Waals surface area contributed by atoms with E-state index in [0.717, 1.165) is 29.4 Å². The van der Waals surface area contributed by atoms with Gasteiger partial charge in [-0.1, -0.05) is 36.4 Å². The van der Waals surface area contributed by atoms with E-state index in [2.05, 4.69) is 0 Å². The van der Waals surface area contributed by atoms with E-state index < -0.39 is 5.97 Å². The quantitative estimate of drug-likeness (QED) is 0.891. The number of carbonyl (C=O) groups is 1. The molecule has 1 N–H and O–H groups in total. The van der Waals surface area contributed by atoms with Crippen LogP contribution in [0.4, 0.5) is 0 Å². The highest BCUT2D eigenvalue weighted by Gasteiger charge is 2.45. The van der Waals surface area contributed by atoms with Crippen LogP contribution in [0.5, 0.6) is 5.75 Å². The van der Waals surface area contributed by atoms with Gasteiger partial charge in [-0.3, -0.25) is 4.79 Å². The summed E-state index contributed by atoms with van der Waals surface area (Å²) in [7, 11) is 0. The minimum atomic E-state index is -0.737. The smallest absolute Gasteiger partial charge is 0.304 e. The molecule has 0 saturated heterocycles. The molecule has 3 heteroatoms. The van der Waals surface area contributed by atoms with Gasteiger partial charge in [-0.2, -0.15) is 0 Å². The zero-order valence-electron chi connectivity index (χ0n) is 10.6. The highest BCUT2D eigenvalue weighted by molar-refractivity contribution is 5.88. The molecule has 98 valence electrons. The first-order valence-electron chi connectivity index (χ1n) is 6.51. The number of carboxylic acids is 1. The predicted molar refractivity (Wildman–Crippen MR) is 73.4 cm³/mol. The van der Waals surface area contributed by atoms with Crippen LogP contribution in [0.3, 0.4) is 0 Å². The minimum absolute atomic E-state index is 0.136. The third-order valence-electron chi connectivity index (χ3n) is 3.77. The Morgan fingerprint density at radius 1 is 1.16 bits per heavy atom.